The van der Waals surface area contributed by atoms with Crippen LogP contribution in [-0.4, -0.2) is 35.2 Å². The second-order valence-electron chi connectivity index (χ2n) is 7.01. The molecule has 7 heteroatoms. The number of nitrogens with one attached hydrogen (secondary N) is 2. The highest BCUT2D eigenvalue weighted by molar-refractivity contribution is 14.0. The van der Waals surface area contributed by atoms with Gasteiger partial charge in [0.05, 0.1) is 13.1 Å². The zero-order valence-corrected chi connectivity index (χ0v) is 20.0. The molecule has 0 aliphatic carbocycles. The van der Waals surface area contributed by atoms with Crippen LogP contribution >= 0.6 is 24.0 Å². The fraction of sp³-hybridized carbons (Fsp3) is 0.304. The Morgan fingerprint density at radius 2 is 1.93 bits per heavy atom. The average molecular weight is 519 g/mol. The van der Waals surface area contributed by atoms with E-state index < -0.39 is 0 Å². The fourth-order valence-electron chi connectivity index (χ4n) is 3.02. The van der Waals surface area contributed by atoms with Crippen LogP contribution in [0.5, 0.6) is 5.75 Å². The first kappa shape index (κ1) is 23.7. The molecule has 2 aromatic carbocycles. The minimum Gasteiger partial charge on any atom is -0.489 e. The molecule has 0 amide bonds. The van der Waals surface area contributed by atoms with Crippen LogP contribution in [0.2, 0.25) is 0 Å². The number of aliphatic imine (C=N–C) groups is 1. The Labute approximate surface area is 195 Å². The van der Waals surface area contributed by atoms with Crippen molar-refractivity contribution in [3.05, 3.63) is 83.9 Å². The van der Waals surface area contributed by atoms with E-state index in [1.165, 1.54) is 11.1 Å². The van der Waals surface area contributed by atoms with E-state index in [1.54, 1.807) is 7.05 Å². The summed E-state index contributed by atoms with van der Waals surface area (Å²) in [4.78, 5) is 8.77. The van der Waals surface area contributed by atoms with Gasteiger partial charge < -0.3 is 19.9 Å². The van der Waals surface area contributed by atoms with E-state index >= 15 is 0 Å². The molecule has 0 radical (unpaired) electrons. The van der Waals surface area contributed by atoms with Crippen LogP contribution in [0.25, 0.3) is 0 Å². The number of aryl methyl sites for hydroxylation is 1. The molecule has 0 fully saturated rings. The molecule has 3 rings (SSSR count). The van der Waals surface area contributed by atoms with Crippen LogP contribution in [0.1, 0.15) is 23.9 Å². The first-order valence-electron chi connectivity index (χ1n) is 9.86. The highest BCUT2D eigenvalue weighted by Crippen LogP contribution is 2.13. The molecule has 30 heavy (non-hydrogen) atoms. The Hall–Kier alpha value is -2.55. The Balaban J connectivity index is 0.00000320. The number of hydrogen-bond acceptors (Lipinski definition) is 3. The van der Waals surface area contributed by atoms with Crippen LogP contribution in [0, 0.1) is 6.92 Å². The molecule has 3 aromatic rings. The molecule has 0 aliphatic rings. The average Bonchev–Trinajstić information content (AvgIpc) is 3.16. The molecule has 0 bridgehead atoms. The minimum absolute atomic E-state index is 0. The summed E-state index contributed by atoms with van der Waals surface area (Å²) in [7, 11) is 1.76. The van der Waals surface area contributed by atoms with Gasteiger partial charge in [-0.2, -0.15) is 0 Å². The first-order valence-corrected chi connectivity index (χ1v) is 9.86. The second-order valence-corrected chi connectivity index (χ2v) is 7.01. The summed E-state index contributed by atoms with van der Waals surface area (Å²) in [5, 5.41) is 6.64. The Morgan fingerprint density at radius 1 is 1.13 bits per heavy atom. The number of rotatable bonds is 8. The molecule has 0 saturated carbocycles. The maximum atomic E-state index is 5.96. The number of halogens is 1. The molecule has 1 aromatic heterocycles. The van der Waals surface area contributed by atoms with Crippen molar-refractivity contribution < 1.29 is 4.74 Å². The normalized spacial score (nSPS) is 12.0. The summed E-state index contributed by atoms with van der Waals surface area (Å²) in [6, 6.07) is 18.4. The van der Waals surface area contributed by atoms with E-state index in [-0.39, 0.29) is 30.1 Å². The molecule has 0 spiro atoms. The molecule has 160 valence electrons. The minimum atomic E-state index is 0. The largest absolute Gasteiger partial charge is 0.489 e. The number of hydrogen-bond donors (Lipinski definition) is 2. The third-order valence-corrected chi connectivity index (χ3v) is 4.52. The van der Waals surface area contributed by atoms with Crippen molar-refractivity contribution >= 4 is 29.9 Å². The standard InChI is InChI=1S/C23H29N5O.HI/c1-18-8-7-11-21(14-18)29-19(2)15-26-23(24-3)27-16-22-25-12-13-28(22)17-20-9-5-4-6-10-20;/h4-14,19H,15-17H2,1-3H3,(H2,24,26,27);1H. The number of ether oxygens (including phenoxy) is 1. The van der Waals surface area contributed by atoms with Crippen molar-refractivity contribution in [1.82, 2.24) is 20.2 Å². The summed E-state index contributed by atoms with van der Waals surface area (Å²) in [6.07, 6.45) is 3.83. The lowest BCUT2D eigenvalue weighted by atomic mass is 10.2. The monoisotopic (exact) mass is 519 g/mol. The molecular formula is C23H30IN5O. The van der Waals surface area contributed by atoms with Crippen LogP contribution < -0.4 is 15.4 Å². The predicted molar refractivity (Wildman–Crippen MR) is 133 cm³/mol. The molecule has 1 atom stereocenters. The molecule has 2 N–H and O–H groups in total. The lowest BCUT2D eigenvalue weighted by Gasteiger charge is -2.18. The smallest absolute Gasteiger partial charge is 0.191 e. The van der Waals surface area contributed by atoms with Gasteiger partial charge in [-0.3, -0.25) is 4.99 Å². The highest BCUT2D eigenvalue weighted by atomic mass is 127. The zero-order chi connectivity index (χ0) is 20.5. The van der Waals surface area contributed by atoms with Crippen LogP contribution in [-0.2, 0) is 13.1 Å². The van der Waals surface area contributed by atoms with Gasteiger partial charge in [0.15, 0.2) is 5.96 Å². The topological polar surface area (TPSA) is 63.5 Å². The molecule has 0 aliphatic heterocycles. The van der Waals surface area contributed by atoms with Crippen LogP contribution in [0.4, 0.5) is 0 Å². The van der Waals surface area contributed by atoms with Gasteiger partial charge in [0.1, 0.15) is 17.7 Å². The first-order chi connectivity index (χ1) is 14.1. The number of benzene rings is 2. The Bertz CT molecular complexity index is 926. The lowest BCUT2D eigenvalue weighted by molar-refractivity contribution is 0.223. The third kappa shape index (κ3) is 7.37. The van der Waals surface area contributed by atoms with Gasteiger partial charge in [0.2, 0.25) is 0 Å². The number of aromatic nitrogens is 2. The summed E-state index contributed by atoms with van der Waals surface area (Å²) in [5.41, 5.74) is 2.43. The van der Waals surface area contributed by atoms with Crippen molar-refractivity contribution in [3.8, 4) is 5.75 Å². The molecule has 6 nitrogen and oxygen atoms in total. The van der Waals surface area contributed by atoms with Crippen molar-refractivity contribution in [2.75, 3.05) is 13.6 Å². The zero-order valence-electron chi connectivity index (χ0n) is 17.7. The van der Waals surface area contributed by atoms with Crippen molar-refractivity contribution in [2.45, 2.75) is 33.0 Å². The summed E-state index contributed by atoms with van der Waals surface area (Å²) in [5.74, 6) is 2.56. The second kappa shape index (κ2) is 12.2. The van der Waals surface area contributed by atoms with Gasteiger partial charge in [-0.1, -0.05) is 42.5 Å². The van der Waals surface area contributed by atoms with Gasteiger partial charge in [-0.05, 0) is 37.1 Å². The lowest BCUT2D eigenvalue weighted by Crippen LogP contribution is -2.41. The maximum absolute atomic E-state index is 5.96. The van der Waals surface area contributed by atoms with Crippen LogP contribution in [0.15, 0.2) is 72.0 Å². The highest BCUT2D eigenvalue weighted by Gasteiger charge is 2.08. The predicted octanol–water partition coefficient (Wildman–Crippen LogP) is 3.99. The quantitative estimate of drug-likeness (QED) is 0.269. The van der Waals surface area contributed by atoms with Gasteiger partial charge in [0.25, 0.3) is 0 Å². The van der Waals surface area contributed by atoms with E-state index in [4.69, 9.17) is 4.74 Å². The van der Waals surface area contributed by atoms with Gasteiger partial charge in [-0.15, -0.1) is 24.0 Å². The van der Waals surface area contributed by atoms with E-state index in [2.05, 4.69) is 62.4 Å². The number of imidazole rings is 1. The van der Waals surface area contributed by atoms with Gasteiger partial charge in [0, 0.05) is 26.0 Å². The van der Waals surface area contributed by atoms with E-state index in [0.717, 1.165) is 24.1 Å². The molecular weight excluding hydrogens is 489 g/mol. The van der Waals surface area contributed by atoms with Crippen molar-refractivity contribution in [3.63, 3.8) is 0 Å². The Kier molecular flexibility index (Phi) is 9.66. The number of guanidine groups is 1. The summed E-state index contributed by atoms with van der Waals surface area (Å²) in [6.45, 7) is 6.13. The fourth-order valence-corrected chi connectivity index (χ4v) is 3.02. The van der Waals surface area contributed by atoms with Crippen molar-refractivity contribution in [2.24, 2.45) is 4.99 Å². The Morgan fingerprint density at radius 3 is 2.67 bits per heavy atom. The van der Waals surface area contributed by atoms with E-state index in [9.17, 15) is 0 Å². The van der Waals surface area contributed by atoms with E-state index in [1.807, 2.05) is 43.6 Å². The third-order valence-electron chi connectivity index (χ3n) is 4.52. The van der Waals surface area contributed by atoms with Gasteiger partial charge in [-0.25, -0.2) is 4.98 Å². The maximum Gasteiger partial charge on any atom is 0.191 e. The summed E-state index contributed by atoms with van der Waals surface area (Å²) < 4.78 is 8.10. The van der Waals surface area contributed by atoms with Crippen molar-refractivity contribution in [1.29, 1.82) is 0 Å². The number of nitrogens with zero attached hydrogens (tertiary/aromatic N) is 3. The van der Waals surface area contributed by atoms with Crippen LogP contribution in [0.3, 0.4) is 0 Å². The summed E-state index contributed by atoms with van der Waals surface area (Å²) >= 11 is 0. The van der Waals surface area contributed by atoms with E-state index in [0.29, 0.717) is 13.1 Å². The van der Waals surface area contributed by atoms with Gasteiger partial charge >= 0.3 is 0 Å². The molecule has 0 saturated heterocycles. The SMILES string of the molecule is CN=C(NCc1nccn1Cc1ccccc1)NCC(C)Oc1cccc(C)c1.I. The molecule has 1 heterocycles. The molecule has 1 unspecified atom stereocenters.